The fourth-order valence-corrected chi connectivity index (χ4v) is 0.975. The van der Waals surface area contributed by atoms with Crippen LogP contribution in [0.15, 0.2) is 4.99 Å². The van der Waals surface area contributed by atoms with E-state index < -0.39 is 0 Å². The molecule has 1 aliphatic heterocycles. The lowest BCUT2D eigenvalue weighted by molar-refractivity contribution is 1.68. The zero-order valence-electron chi connectivity index (χ0n) is 2.76. The minimum absolute atomic E-state index is 0.674. The molecule has 1 aliphatic rings. The van der Waals surface area contributed by atoms with E-state index in [2.05, 4.69) is 25.3 Å². The first kappa shape index (κ1) is 4.33. The van der Waals surface area contributed by atoms with Crippen molar-refractivity contribution in [3.05, 3.63) is 0 Å². The summed E-state index contributed by atoms with van der Waals surface area (Å²) >= 11 is 4.40. The molecule has 0 atom stereocenters. The molecule has 4 heteroatoms. The summed E-state index contributed by atoms with van der Waals surface area (Å²) in [7, 11) is 0. The first-order valence-corrected chi connectivity index (χ1v) is 2.94. The van der Waals surface area contributed by atoms with Crippen molar-refractivity contribution in [1.29, 1.82) is 0 Å². The Morgan fingerprint density at radius 3 is 3.00 bits per heavy atom. The van der Waals surface area contributed by atoms with Gasteiger partial charge in [0.15, 0.2) is 11.9 Å². The van der Waals surface area contributed by atoms with Gasteiger partial charge in [-0.2, -0.15) is 0 Å². The molecular formula is C2HBrN2S+. The zero-order chi connectivity index (χ0) is 4.41. The number of nitrogens with zero attached hydrogens (tertiary/aromatic N) is 2. The molecule has 0 saturated heterocycles. The summed E-state index contributed by atoms with van der Waals surface area (Å²) < 4.78 is 4.44. The molecule has 0 aromatic rings. The lowest BCUT2D eigenvalue weighted by Gasteiger charge is -1.48. The number of aliphatic imine (C=N–C) groups is 1. The Bertz CT molecular complexity index is 105. The Labute approximate surface area is 48.0 Å². The van der Waals surface area contributed by atoms with Crippen LogP contribution < -0.4 is 4.40 Å². The van der Waals surface area contributed by atoms with Gasteiger partial charge in [-0.1, -0.05) is 0 Å². The van der Waals surface area contributed by atoms with Crippen LogP contribution >= 0.6 is 27.9 Å². The van der Waals surface area contributed by atoms with Crippen molar-refractivity contribution in [2.75, 3.05) is 0 Å². The number of rotatable bonds is 0. The summed E-state index contributed by atoms with van der Waals surface area (Å²) in [5.41, 5.74) is 1.67. The standard InChI is InChI=1S/C2HBrN2S/c3-2-4-1-6-5-2/h1H/q+1. The first-order valence-electron chi connectivity index (χ1n) is 1.31. The molecule has 1 rings (SSSR count). The largest absolute Gasteiger partial charge is 0.416 e. The topological polar surface area (TPSA) is 26.5 Å². The fraction of sp³-hybridized carbons (Fsp3) is 0. The van der Waals surface area contributed by atoms with Gasteiger partial charge in [-0.05, 0) is 4.99 Å². The molecule has 6 heavy (non-hydrogen) atoms. The third kappa shape index (κ3) is 0.815. The Kier molecular flexibility index (Phi) is 1.26. The summed E-state index contributed by atoms with van der Waals surface area (Å²) in [4.78, 5) is 3.74. The van der Waals surface area contributed by atoms with Gasteiger partial charge < -0.3 is 0 Å². The third-order valence-corrected chi connectivity index (χ3v) is 1.43. The molecule has 0 N–H and O–H groups in total. The molecule has 0 aromatic carbocycles. The Hall–Kier alpha value is 0.170. The van der Waals surface area contributed by atoms with E-state index in [4.69, 9.17) is 0 Å². The van der Waals surface area contributed by atoms with Crippen LogP contribution in [0.2, 0.25) is 0 Å². The molecule has 0 bridgehead atoms. The van der Waals surface area contributed by atoms with Crippen molar-refractivity contribution in [2.45, 2.75) is 0 Å². The summed E-state index contributed by atoms with van der Waals surface area (Å²) in [5.74, 6) is 0. The van der Waals surface area contributed by atoms with E-state index in [-0.39, 0.29) is 0 Å². The van der Waals surface area contributed by atoms with Crippen LogP contribution in [0.5, 0.6) is 0 Å². The maximum atomic E-state index is 3.76. The van der Waals surface area contributed by atoms with Crippen LogP contribution in [-0.4, -0.2) is 10.3 Å². The van der Waals surface area contributed by atoms with Crippen molar-refractivity contribution in [3.63, 3.8) is 0 Å². The second-order valence-corrected chi connectivity index (χ2v) is 2.01. The molecule has 0 amide bonds. The Morgan fingerprint density at radius 1 is 2.00 bits per heavy atom. The van der Waals surface area contributed by atoms with Gasteiger partial charge in [-0.15, -0.1) is 0 Å². The summed E-state index contributed by atoms with van der Waals surface area (Å²) in [6, 6.07) is 0. The van der Waals surface area contributed by atoms with Crippen molar-refractivity contribution in [1.82, 2.24) is 4.40 Å². The third-order valence-electron chi connectivity index (χ3n) is 0.334. The van der Waals surface area contributed by atoms with Gasteiger partial charge in [0.1, 0.15) is 0 Å². The van der Waals surface area contributed by atoms with Crippen LogP contribution in [0, 0.1) is 0 Å². The maximum absolute atomic E-state index is 3.76. The van der Waals surface area contributed by atoms with E-state index in [1.165, 1.54) is 11.9 Å². The van der Waals surface area contributed by atoms with E-state index in [9.17, 15) is 0 Å². The molecule has 0 saturated carbocycles. The normalized spacial score (nSPS) is 18.5. The number of halogens is 1. The number of amidine groups is 1. The summed E-state index contributed by atoms with van der Waals surface area (Å²) in [6.07, 6.45) is 0. The second kappa shape index (κ2) is 1.75. The predicted octanol–water partition coefficient (Wildman–Crippen LogP) is 0.763. The second-order valence-electron chi connectivity index (χ2n) is 0.700. The van der Waals surface area contributed by atoms with Crippen LogP contribution in [0.1, 0.15) is 0 Å². The van der Waals surface area contributed by atoms with Gasteiger partial charge in [0.05, 0.1) is 15.9 Å². The lowest BCUT2D eigenvalue weighted by Crippen LogP contribution is -1.76. The maximum Gasteiger partial charge on any atom is 0.416 e. The van der Waals surface area contributed by atoms with Gasteiger partial charge in [0, 0.05) is 4.40 Å². The van der Waals surface area contributed by atoms with Gasteiger partial charge >= 0.3 is 4.74 Å². The van der Waals surface area contributed by atoms with Gasteiger partial charge in [0.2, 0.25) is 5.55 Å². The van der Waals surface area contributed by atoms with Crippen LogP contribution in [0.25, 0.3) is 0 Å². The monoisotopic (exact) mass is 164 g/mol. The molecular weight excluding hydrogens is 164 g/mol. The zero-order valence-corrected chi connectivity index (χ0v) is 5.16. The van der Waals surface area contributed by atoms with E-state index in [0.29, 0.717) is 4.74 Å². The van der Waals surface area contributed by atoms with Crippen molar-refractivity contribution < 1.29 is 0 Å². The molecule has 1 radical (unpaired) electrons. The molecule has 0 aromatic heterocycles. The minimum Gasteiger partial charge on any atom is -0.0272 e. The highest BCUT2D eigenvalue weighted by atomic mass is 79.9. The van der Waals surface area contributed by atoms with Crippen molar-refractivity contribution in [3.8, 4) is 0 Å². The quantitative estimate of drug-likeness (QED) is 0.384. The van der Waals surface area contributed by atoms with E-state index in [1.807, 2.05) is 0 Å². The smallest absolute Gasteiger partial charge is 0.0272 e. The SMILES string of the molecule is BrC1=[N+]SC=N1. The molecule has 2 nitrogen and oxygen atoms in total. The fourth-order valence-electron chi connectivity index (χ4n) is 0.158. The van der Waals surface area contributed by atoms with Crippen molar-refractivity contribution >= 4 is 38.2 Å². The van der Waals surface area contributed by atoms with Crippen LogP contribution in [-0.2, 0) is 0 Å². The molecule has 1 heterocycles. The Morgan fingerprint density at radius 2 is 2.83 bits per heavy atom. The Balaban J connectivity index is 2.68. The molecule has 0 aliphatic carbocycles. The molecule has 0 unspecified atom stereocenters. The number of hydrogen-bond acceptors (Lipinski definition) is 3. The summed E-state index contributed by atoms with van der Waals surface area (Å²) in [5, 5.41) is 0. The average molecular weight is 165 g/mol. The van der Waals surface area contributed by atoms with Gasteiger partial charge in [0.25, 0.3) is 0 Å². The highest BCUT2D eigenvalue weighted by Crippen LogP contribution is 1.99. The molecule has 31 valence electrons. The minimum atomic E-state index is 0.674. The van der Waals surface area contributed by atoms with Gasteiger partial charge in [-0.25, -0.2) is 0 Å². The first-order chi connectivity index (χ1) is 2.89. The van der Waals surface area contributed by atoms with E-state index >= 15 is 0 Å². The van der Waals surface area contributed by atoms with Crippen molar-refractivity contribution in [2.24, 2.45) is 4.99 Å². The van der Waals surface area contributed by atoms with E-state index in [1.54, 1.807) is 5.55 Å². The predicted molar refractivity (Wildman–Crippen MR) is 32.2 cm³/mol. The summed E-state index contributed by atoms with van der Waals surface area (Å²) in [6.45, 7) is 0. The number of hydrogen-bond donors (Lipinski definition) is 0. The average Bonchev–Trinajstić information content (AvgIpc) is 1.86. The van der Waals surface area contributed by atoms with Gasteiger partial charge in [-0.3, -0.25) is 0 Å². The molecule has 0 spiro atoms. The van der Waals surface area contributed by atoms with Crippen LogP contribution in [0.4, 0.5) is 0 Å². The van der Waals surface area contributed by atoms with Crippen LogP contribution in [0.3, 0.4) is 0 Å². The van der Waals surface area contributed by atoms with E-state index in [0.717, 1.165) is 0 Å². The highest BCUT2D eigenvalue weighted by Gasteiger charge is 2.08. The highest BCUT2D eigenvalue weighted by molar-refractivity contribution is 9.18. The lowest BCUT2D eigenvalue weighted by atomic mass is 11.3. The molecule has 0 fully saturated rings.